The minimum Gasteiger partial charge on any atom is -0.444 e. The molecule has 0 saturated carbocycles. The highest BCUT2D eigenvalue weighted by molar-refractivity contribution is 7.80. The average molecular weight is 306 g/mol. The number of ether oxygens (including phenoxy) is 1. The first-order valence-electron chi connectivity index (χ1n) is 7.04. The fraction of sp³-hybridized carbons (Fsp3) is 0.438. The topological polar surface area (TPSA) is 54.1 Å². The Kier molecular flexibility index (Phi) is 4.83. The van der Waals surface area contributed by atoms with E-state index in [9.17, 15) is 4.79 Å². The van der Waals surface area contributed by atoms with Gasteiger partial charge >= 0.3 is 6.09 Å². The van der Waals surface area contributed by atoms with Gasteiger partial charge in [0.2, 0.25) is 0 Å². The van der Waals surface area contributed by atoms with E-state index in [4.69, 9.17) is 4.74 Å². The lowest BCUT2D eigenvalue weighted by molar-refractivity contribution is 0.0509. The molecule has 5 heteroatoms. The van der Waals surface area contributed by atoms with Crippen molar-refractivity contribution < 1.29 is 9.53 Å². The molecular weight excluding hydrogens is 284 g/mol. The van der Waals surface area contributed by atoms with E-state index >= 15 is 0 Å². The number of rotatable bonds is 4. The molecule has 2 rings (SSSR count). The van der Waals surface area contributed by atoms with E-state index in [0.29, 0.717) is 12.2 Å². The van der Waals surface area contributed by atoms with E-state index < -0.39 is 11.7 Å². The summed E-state index contributed by atoms with van der Waals surface area (Å²) >= 11 is 4.33. The molecule has 0 bridgehead atoms. The standard InChI is InChI=1S/C16H22N2O2S/c1-16(2,3)20-15(19)18-12(10-21)8-11-9-17-14-7-5-4-6-13(11)14/h4-7,9,12,17,21H,8,10H2,1-3H3,(H,18,19). The minimum atomic E-state index is -0.494. The summed E-state index contributed by atoms with van der Waals surface area (Å²) in [6.07, 6.45) is 2.30. The molecule has 1 atom stereocenters. The zero-order valence-electron chi connectivity index (χ0n) is 12.6. The summed E-state index contributed by atoms with van der Waals surface area (Å²) in [4.78, 5) is 15.1. The number of aromatic amines is 1. The molecule has 2 N–H and O–H groups in total. The summed E-state index contributed by atoms with van der Waals surface area (Å²) in [7, 11) is 0. The zero-order valence-corrected chi connectivity index (χ0v) is 13.5. The molecule has 21 heavy (non-hydrogen) atoms. The van der Waals surface area contributed by atoms with Gasteiger partial charge in [0, 0.05) is 28.9 Å². The predicted octanol–water partition coefficient (Wildman–Crippen LogP) is 3.53. The maximum Gasteiger partial charge on any atom is 0.407 e. The van der Waals surface area contributed by atoms with Crippen LogP contribution >= 0.6 is 12.6 Å². The third-order valence-electron chi connectivity index (χ3n) is 3.08. The molecule has 1 amide bonds. The number of nitrogens with one attached hydrogen (secondary N) is 2. The predicted molar refractivity (Wildman–Crippen MR) is 89.0 cm³/mol. The normalized spacial score (nSPS) is 13.1. The molecule has 0 aliphatic carbocycles. The number of benzene rings is 1. The largest absolute Gasteiger partial charge is 0.444 e. The lowest BCUT2D eigenvalue weighted by atomic mass is 10.1. The van der Waals surface area contributed by atoms with Gasteiger partial charge in [-0.3, -0.25) is 0 Å². The highest BCUT2D eigenvalue weighted by Gasteiger charge is 2.19. The van der Waals surface area contributed by atoms with Gasteiger partial charge < -0.3 is 15.0 Å². The number of carbonyl (C=O) groups is 1. The Balaban J connectivity index is 2.04. The van der Waals surface area contributed by atoms with Crippen LogP contribution in [0.1, 0.15) is 26.3 Å². The number of alkyl carbamates (subject to hydrolysis) is 1. The Bertz CT molecular complexity index is 616. The zero-order chi connectivity index (χ0) is 15.5. The van der Waals surface area contributed by atoms with E-state index in [2.05, 4.69) is 29.0 Å². The first kappa shape index (κ1) is 15.8. The van der Waals surface area contributed by atoms with Gasteiger partial charge in [0.05, 0.1) is 0 Å². The van der Waals surface area contributed by atoms with Crippen LogP contribution in [0.25, 0.3) is 10.9 Å². The maximum atomic E-state index is 11.8. The summed E-state index contributed by atoms with van der Waals surface area (Å²) in [6, 6.07) is 8.05. The number of H-pyrrole nitrogens is 1. The number of hydrogen-bond acceptors (Lipinski definition) is 3. The van der Waals surface area contributed by atoms with Crippen LogP contribution in [0.3, 0.4) is 0 Å². The second-order valence-corrected chi connectivity index (χ2v) is 6.45. The second-order valence-electron chi connectivity index (χ2n) is 6.09. The number of fused-ring (bicyclic) bond motifs is 1. The van der Waals surface area contributed by atoms with Crippen molar-refractivity contribution in [2.45, 2.75) is 38.8 Å². The van der Waals surface area contributed by atoms with Gasteiger partial charge in [0.1, 0.15) is 5.60 Å². The van der Waals surface area contributed by atoms with Crippen LogP contribution in [0.2, 0.25) is 0 Å². The Hall–Kier alpha value is -1.62. The second kappa shape index (κ2) is 6.43. The lowest BCUT2D eigenvalue weighted by Crippen LogP contribution is -2.41. The van der Waals surface area contributed by atoms with Crippen LogP contribution in [0.15, 0.2) is 30.5 Å². The molecule has 0 aliphatic heterocycles. The highest BCUT2D eigenvalue weighted by Crippen LogP contribution is 2.19. The molecule has 1 aromatic heterocycles. The highest BCUT2D eigenvalue weighted by atomic mass is 32.1. The molecule has 1 aromatic carbocycles. The fourth-order valence-corrected chi connectivity index (χ4v) is 2.42. The molecule has 4 nitrogen and oxygen atoms in total. The van der Waals surface area contributed by atoms with E-state index in [-0.39, 0.29) is 6.04 Å². The van der Waals surface area contributed by atoms with E-state index in [1.807, 2.05) is 45.2 Å². The van der Waals surface area contributed by atoms with Gasteiger partial charge in [-0.1, -0.05) is 18.2 Å². The van der Waals surface area contributed by atoms with Crippen molar-refractivity contribution in [1.29, 1.82) is 0 Å². The van der Waals surface area contributed by atoms with Crippen LogP contribution in [0.4, 0.5) is 4.79 Å². The van der Waals surface area contributed by atoms with Gasteiger partial charge in [-0.25, -0.2) is 4.79 Å². The van der Waals surface area contributed by atoms with Crippen molar-refractivity contribution in [3.63, 3.8) is 0 Å². The van der Waals surface area contributed by atoms with Gasteiger partial charge in [-0.2, -0.15) is 12.6 Å². The van der Waals surface area contributed by atoms with Gasteiger partial charge in [0.25, 0.3) is 0 Å². The van der Waals surface area contributed by atoms with Gasteiger partial charge in [-0.15, -0.1) is 0 Å². The van der Waals surface area contributed by atoms with Gasteiger partial charge in [0.15, 0.2) is 0 Å². The molecule has 0 radical (unpaired) electrons. The number of aromatic nitrogens is 1. The van der Waals surface area contributed by atoms with Crippen LogP contribution in [0, 0.1) is 0 Å². The van der Waals surface area contributed by atoms with Crippen LogP contribution in [-0.2, 0) is 11.2 Å². The molecule has 0 spiro atoms. The number of hydrogen-bond donors (Lipinski definition) is 3. The maximum absolute atomic E-state index is 11.8. The summed E-state index contributed by atoms with van der Waals surface area (Å²) in [5, 5.41) is 4.05. The number of para-hydroxylation sites is 1. The Morgan fingerprint density at radius 1 is 1.38 bits per heavy atom. The molecule has 0 aliphatic rings. The van der Waals surface area contributed by atoms with Crippen molar-refractivity contribution >= 4 is 29.6 Å². The monoisotopic (exact) mass is 306 g/mol. The van der Waals surface area contributed by atoms with Gasteiger partial charge in [-0.05, 0) is 38.8 Å². The lowest BCUT2D eigenvalue weighted by Gasteiger charge is -2.22. The number of thiol groups is 1. The molecule has 1 heterocycles. The summed E-state index contributed by atoms with van der Waals surface area (Å²) in [5.41, 5.74) is 1.77. The third kappa shape index (κ3) is 4.43. The van der Waals surface area contributed by atoms with Crippen molar-refractivity contribution in [3.05, 3.63) is 36.0 Å². The van der Waals surface area contributed by atoms with Crippen LogP contribution in [0.5, 0.6) is 0 Å². The van der Waals surface area contributed by atoms with Crippen LogP contribution < -0.4 is 5.32 Å². The summed E-state index contributed by atoms with van der Waals surface area (Å²) in [6.45, 7) is 5.55. The van der Waals surface area contributed by atoms with E-state index in [0.717, 1.165) is 5.52 Å². The summed E-state index contributed by atoms with van der Waals surface area (Å²) in [5.74, 6) is 0.554. The van der Waals surface area contributed by atoms with Crippen molar-refractivity contribution in [1.82, 2.24) is 10.3 Å². The van der Waals surface area contributed by atoms with Crippen molar-refractivity contribution in [2.75, 3.05) is 5.75 Å². The quantitative estimate of drug-likeness (QED) is 0.757. The molecule has 0 fully saturated rings. The first-order chi connectivity index (χ1) is 9.89. The smallest absolute Gasteiger partial charge is 0.407 e. The fourth-order valence-electron chi connectivity index (χ4n) is 2.20. The molecule has 0 saturated heterocycles. The summed E-state index contributed by atoms with van der Waals surface area (Å²) < 4.78 is 5.28. The van der Waals surface area contributed by atoms with E-state index in [1.165, 1.54) is 10.9 Å². The SMILES string of the molecule is CC(C)(C)OC(=O)NC(CS)Cc1c[nH]c2ccccc12. The number of amides is 1. The molecular formula is C16H22N2O2S. The van der Waals surface area contributed by atoms with Crippen molar-refractivity contribution in [3.8, 4) is 0 Å². The molecule has 2 aromatic rings. The third-order valence-corrected chi connectivity index (χ3v) is 3.52. The van der Waals surface area contributed by atoms with E-state index in [1.54, 1.807) is 0 Å². The van der Waals surface area contributed by atoms with Crippen molar-refractivity contribution in [2.24, 2.45) is 0 Å². The Morgan fingerprint density at radius 2 is 2.10 bits per heavy atom. The number of carbonyl (C=O) groups excluding carboxylic acids is 1. The Labute approximate surface area is 130 Å². The Morgan fingerprint density at radius 3 is 2.76 bits per heavy atom. The first-order valence-corrected chi connectivity index (χ1v) is 7.67. The minimum absolute atomic E-state index is 0.0672. The van der Waals surface area contributed by atoms with Crippen LogP contribution in [-0.4, -0.2) is 28.5 Å². The average Bonchev–Trinajstić information content (AvgIpc) is 2.79. The molecule has 1 unspecified atom stereocenters. The molecule has 114 valence electrons.